The van der Waals surface area contributed by atoms with E-state index in [4.69, 9.17) is 9.47 Å². The zero-order chi connectivity index (χ0) is 17.8. The van der Waals surface area contributed by atoms with Gasteiger partial charge in [-0.25, -0.2) is 4.98 Å². The molecule has 2 heterocycles. The zero-order valence-electron chi connectivity index (χ0n) is 14.4. The average Bonchev–Trinajstić information content (AvgIpc) is 3.27. The lowest BCUT2D eigenvalue weighted by molar-refractivity contribution is -0.0965. The van der Waals surface area contributed by atoms with E-state index in [1.807, 2.05) is 65.2 Å². The van der Waals surface area contributed by atoms with E-state index >= 15 is 0 Å². The molecular formula is C21H22N2O3. The molecule has 5 heteroatoms. The molecule has 134 valence electrons. The largest absolute Gasteiger partial charge is 0.394 e. The van der Waals surface area contributed by atoms with Crippen LogP contribution in [0.25, 0.3) is 0 Å². The van der Waals surface area contributed by atoms with Crippen molar-refractivity contribution in [3.8, 4) is 0 Å². The van der Waals surface area contributed by atoms with Gasteiger partial charge in [-0.05, 0) is 11.1 Å². The third kappa shape index (κ3) is 3.42. The van der Waals surface area contributed by atoms with Gasteiger partial charge in [-0.3, -0.25) is 0 Å². The Morgan fingerprint density at radius 1 is 0.885 bits per heavy atom. The first-order valence-electron chi connectivity index (χ1n) is 8.80. The van der Waals surface area contributed by atoms with E-state index in [1.54, 1.807) is 12.5 Å². The summed E-state index contributed by atoms with van der Waals surface area (Å²) in [5, 5.41) is 9.92. The Hall–Kier alpha value is -2.47. The van der Waals surface area contributed by atoms with Gasteiger partial charge in [0.1, 0.15) is 12.2 Å². The van der Waals surface area contributed by atoms with Crippen molar-refractivity contribution in [2.24, 2.45) is 0 Å². The summed E-state index contributed by atoms with van der Waals surface area (Å²) in [5.41, 5.74) is 3.14. The average molecular weight is 350 g/mol. The third-order valence-corrected chi connectivity index (χ3v) is 4.77. The summed E-state index contributed by atoms with van der Waals surface area (Å²) in [4.78, 5) is 4.22. The number of fused-ring (bicyclic) bond motifs is 1. The Kier molecular flexibility index (Phi) is 5.11. The number of imidazole rings is 1. The molecule has 4 rings (SSSR count). The smallest absolute Gasteiger partial charge is 0.128 e. The van der Waals surface area contributed by atoms with E-state index in [1.165, 1.54) is 0 Å². The molecule has 1 aliphatic heterocycles. The van der Waals surface area contributed by atoms with Crippen molar-refractivity contribution in [1.82, 2.24) is 9.55 Å². The summed E-state index contributed by atoms with van der Waals surface area (Å²) >= 11 is 0. The van der Waals surface area contributed by atoms with Crippen molar-refractivity contribution in [2.75, 3.05) is 6.61 Å². The molecule has 26 heavy (non-hydrogen) atoms. The molecule has 0 fully saturated rings. The number of aliphatic hydroxyl groups excluding tert-OH is 1. The van der Waals surface area contributed by atoms with Gasteiger partial charge in [0.15, 0.2) is 0 Å². The fraction of sp³-hybridized carbons (Fsp3) is 0.286. The molecule has 2 aromatic carbocycles. The van der Waals surface area contributed by atoms with E-state index in [2.05, 4.69) is 4.98 Å². The van der Waals surface area contributed by atoms with Gasteiger partial charge in [0.05, 0.1) is 44.1 Å². The molecule has 0 spiro atoms. The highest BCUT2D eigenvalue weighted by atomic mass is 16.5. The van der Waals surface area contributed by atoms with Crippen molar-refractivity contribution in [2.45, 2.75) is 31.5 Å². The van der Waals surface area contributed by atoms with Crippen molar-refractivity contribution in [1.29, 1.82) is 0 Å². The van der Waals surface area contributed by atoms with E-state index < -0.39 is 0 Å². The van der Waals surface area contributed by atoms with Crippen LogP contribution >= 0.6 is 0 Å². The van der Waals surface area contributed by atoms with Crippen LogP contribution in [-0.4, -0.2) is 27.4 Å². The molecule has 3 atom stereocenters. The van der Waals surface area contributed by atoms with Gasteiger partial charge in [0.25, 0.3) is 0 Å². The zero-order valence-corrected chi connectivity index (χ0v) is 14.4. The van der Waals surface area contributed by atoms with E-state index in [0.29, 0.717) is 13.2 Å². The minimum atomic E-state index is -0.265. The van der Waals surface area contributed by atoms with Crippen LogP contribution in [0, 0.1) is 0 Å². The second-order valence-electron chi connectivity index (χ2n) is 6.45. The van der Waals surface area contributed by atoms with Gasteiger partial charge >= 0.3 is 0 Å². The molecule has 0 unspecified atom stereocenters. The predicted octanol–water partition coefficient (Wildman–Crippen LogP) is 3.27. The molecule has 1 aromatic heterocycles. The normalized spacial score (nSPS) is 21.7. The molecule has 1 N–H and O–H groups in total. The Morgan fingerprint density at radius 3 is 2.12 bits per heavy atom. The molecule has 0 saturated heterocycles. The molecule has 1 aliphatic rings. The topological polar surface area (TPSA) is 56.5 Å². The quantitative estimate of drug-likeness (QED) is 0.710. The number of hydrogen-bond donors (Lipinski definition) is 1. The lowest BCUT2D eigenvalue weighted by Gasteiger charge is -2.24. The van der Waals surface area contributed by atoms with Gasteiger partial charge in [0.2, 0.25) is 0 Å². The first-order chi connectivity index (χ1) is 12.9. The van der Waals surface area contributed by atoms with Crippen LogP contribution < -0.4 is 0 Å². The van der Waals surface area contributed by atoms with Crippen LogP contribution in [0.2, 0.25) is 0 Å². The van der Waals surface area contributed by atoms with Crippen LogP contribution in [-0.2, 0) is 22.7 Å². The fourth-order valence-corrected chi connectivity index (χ4v) is 3.44. The minimum absolute atomic E-state index is 0.0198. The molecule has 0 aliphatic carbocycles. The summed E-state index contributed by atoms with van der Waals surface area (Å²) in [6, 6.07) is 19.9. The highest BCUT2D eigenvalue weighted by Gasteiger charge is 2.42. The number of aliphatic hydroxyl groups is 1. The standard InChI is InChI=1S/C21H22N2O3/c24-12-19-21(26-14-17-9-5-2-6-10-17)20(18-11-22-15-23(18)19)25-13-16-7-3-1-4-8-16/h1-11,15,19-21,24H,12-14H2/t19-,20-,21-/m0/s1. The number of benzene rings is 2. The maximum absolute atomic E-state index is 9.92. The van der Waals surface area contributed by atoms with Gasteiger partial charge in [0, 0.05) is 0 Å². The summed E-state index contributed by atoms with van der Waals surface area (Å²) in [6.45, 7) is 0.944. The van der Waals surface area contributed by atoms with Crippen LogP contribution in [0.5, 0.6) is 0 Å². The van der Waals surface area contributed by atoms with E-state index in [0.717, 1.165) is 16.8 Å². The number of nitrogens with zero attached hydrogens (tertiary/aromatic N) is 2. The Bertz CT molecular complexity index is 820. The van der Waals surface area contributed by atoms with Crippen LogP contribution in [0.1, 0.15) is 29.0 Å². The van der Waals surface area contributed by atoms with Crippen LogP contribution in [0.3, 0.4) is 0 Å². The second kappa shape index (κ2) is 7.83. The highest BCUT2D eigenvalue weighted by Crippen LogP contribution is 2.39. The number of aromatic nitrogens is 2. The SMILES string of the molecule is OC[C@H]1[C@H](OCc2ccccc2)[C@@H](OCc2ccccc2)c2cncn21. The molecule has 0 amide bonds. The van der Waals surface area contributed by atoms with Crippen LogP contribution in [0.15, 0.2) is 73.2 Å². The summed E-state index contributed by atoms with van der Waals surface area (Å²) < 4.78 is 14.4. The molecule has 5 nitrogen and oxygen atoms in total. The number of ether oxygens (including phenoxy) is 2. The van der Waals surface area contributed by atoms with Crippen LogP contribution in [0.4, 0.5) is 0 Å². The Labute approximate surface area is 152 Å². The third-order valence-electron chi connectivity index (χ3n) is 4.77. The number of hydrogen-bond acceptors (Lipinski definition) is 4. The molecular weight excluding hydrogens is 328 g/mol. The number of rotatable bonds is 7. The van der Waals surface area contributed by atoms with Gasteiger partial charge < -0.3 is 19.1 Å². The van der Waals surface area contributed by atoms with Gasteiger partial charge in [-0.15, -0.1) is 0 Å². The molecule has 0 bridgehead atoms. The monoisotopic (exact) mass is 350 g/mol. The van der Waals surface area contributed by atoms with Crippen molar-refractivity contribution >= 4 is 0 Å². The lowest BCUT2D eigenvalue weighted by Crippen LogP contribution is -2.28. The van der Waals surface area contributed by atoms with E-state index in [9.17, 15) is 5.11 Å². The summed E-state index contributed by atoms with van der Waals surface area (Å²) in [5.74, 6) is 0. The second-order valence-corrected chi connectivity index (χ2v) is 6.45. The summed E-state index contributed by atoms with van der Waals surface area (Å²) in [7, 11) is 0. The Balaban J connectivity index is 1.51. The first kappa shape index (κ1) is 17.0. The minimum Gasteiger partial charge on any atom is -0.394 e. The van der Waals surface area contributed by atoms with Gasteiger partial charge in [-0.1, -0.05) is 60.7 Å². The molecule has 3 aromatic rings. The predicted molar refractivity (Wildman–Crippen MR) is 97.3 cm³/mol. The van der Waals surface area contributed by atoms with E-state index in [-0.39, 0.29) is 24.9 Å². The van der Waals surface area contributed by atoms with Crippen molar-refractivity contribution in [3.63, 3.8) is 0 Å². The summed E-state index contributed by atoms with van der Waals surface area (Å²) in [6.07, 6.45) is 3.01. The van der Waals surface area contributed by atoms with Crippen molar-refractivity contribution in [3.05, 3.63) is 90.0 Å². The molecule has 0 saturated carbocycles. The first-order valence-corrected chi connectivity index (χ1v) is 8.80. The molecule has 0 radical (unpaired) electrons. The Morgan fingerprint density at radius 2 is 1.50 bits per heavy atom. The fourth-order valence-electron chi connectivity index (χ4n) is 3.44. The highest BCUT2D eigenvalue weighted by molar-refractivity contribution is 5.18. The van der Waals surface area contributed by atoms with Crippen molar-refractivity contribution < 1.29 is 14.6 Å². The van der Waals surface area contributed by atoms with Gasteiger partial charge in [-0.2, -0.15) is 0 Å². The lowest BCUT2D eigenvalue weighted by atomic mass is 10.1. The maximum Gasteiger partial charge on any atom is 0.128 e. The maximum atomic E-state index is 9.92.